The van der Waals surface area contributed by atoms with Crippen molar-refractivity contribution in [3.8, 4) is 0 Å². The summed E-state index contributed by atoms with van der Waals surface area (Å²) in [6.07, 6.45) is 0.686. The molecular formula is C12H17ClN4O2S2. The summed E-state index contributed by atoms with van der Waals surface area (Å²) in [6, 6.07) is 5.14. The Kier molecular flexibility index (Phi) is 4.84. The molecule has 1 aromatic carbocycles. The van der Waals surface area contributed by atoms with E-state index in [1.807, 2.05) is 6.92 Å². The molecule has 2 heterocycles. The van der Waals surface area contributed by atoms with Crippen LogP contribution < -0.4 is 5.73 Å². The lowest BCUT2D eigenvalue weighted by Gasteiger charge is -2.34. The Morgan fingerprint density at radius 3 is 2.86 bits per heavy atom. The van der Waals surface area contributed by atoms with Crippen molar-refractivity contribution in [1.29, 1.82) is 0 Å². The van der Waals surface area contributed by atoms with Crippen LogP contribution in [0.5, 0.6) is 0 Å². The highest BCUT2D eigenvalue weighted by Gasteiger charge is 2.33. The third kappa shape index (κ3) is 2.91. The van der Waals surface area contributed by atoms with Gasteiger partial charge in [0.2, 0.25) is 10.0 Å². The van der Waals surface area contributed by atoms with E-state index < -0.39 is 10.0 Å². The first-order chi connectivity index (χ1) is 9.50. The molecule has 1 aromatic heterocycles. The van der Waals surface area contributed by atoms with Crippen LogP contribution >= 0.6 is 24.1 Å². The van der Waals surface area contributed by atoms with Crippen molar-refractivity contribution in [2.24, 2.45) is 11.7 Å². The van der Waals surface area contributed by atoms with Crippen molar-refractivity contribution < 1.29 is 8.42 Å². The third-order valence-electron chi connectivity index (χ3n) is 3.80. The van der Waals surface area contributed by atoms with Gasteiger partial charge >= 0.3 is 0 Å². The van der Waals surface area contributed by atoms with Gasteiger partial charge in [0, 0.05) is 19.1 Å². The monoisotopic (exact) mass is 348 g/mol. The van der Waals surface area contributed by atoms with Gasteiger partial charge in [0.15, 0.2) is 0 Å². The maximum absolute atomic E-state index is 12.8. The van der Waals surface area contributed by atoms with Crippen LogP contribution in [0.25, 0.3) is 11.0 Å². The lowest BCUT2D eigenvalue weighted by molar-refractivity contribution is 0.250. The second-order valence-corrected chi connectivity index (χ2v) is 7.62. The predicted molar refractivity (Wildman–Crippen MR) is 85.2 cm³/mol. The van der Waals surface area contributed by atoms with Gasteiger partial charge in [-0.15, -0.1) is 12.4 Å². The fraction of sp³-hybridized carbons (Fsp3) is 0.500. The second kappa shape index (κ2) is 6.13. The highest BCUT2D eigenvalue weighted by Crippen LogP contribution is 2.27. The van der Waals surface area contributed by atoms with Gasteiger partial charge in [-0.05, 0) is 24.5 Å². The summed E-state index contributed by atoms with van der Waals surface area (Å²) in [5.41, 5.74) is 7.04. The van der Waals surface area contributed by atoms with Crippen molar-refractivity contribution in [3.63, 3.8) is 0 Å². The number of piperidine rings is 1. The van der Waals surface area contributed by atoms with E-state index in [-0.39, 0.29) is 29.3 Å². The maximum atomic E-state index is 12.8. The van der Waals surface area contributed by atoms with E-state index in [2.05, 4.69) is 8.75 Å². The average Bonchev–Trinajstić information content (AvgIpc) is 2.89. The van der Waals surface area contributed by atoms with Gasteiger partial charge in [0.25, 0.3) is 0 Å². The van der Waals surface area contributed by atoms with E-state index >= 15 is 0 Å². The number of nitrogens with zero attached hydrogens (tertiary/aromatic N) is 3. The van der Waals surface area contributed by atoms with Crippen molar-refractivity contribution in [1.82, 2.24) is 13.1 Å². The van der Waals surface area contributed by atoms with Crippen LogP contribution in [-0.4, -0.2) is 40.6 Å². The Morgan fingerprint density at radius 1 is 1.38 bits per heavy atom. The topological polar surface area (TPSA) is 89.2 Å². The molecule has 21 heavy (non-hydrogen) atoms. The third-order valence-corrected chi connectivity index (χ3v) is 6.24. The molecule has 2 aromatic rings. The summed E-state index contributed by atoms with van der Waals surface area (Å²) in [6.45, 7) is 2.90. The van der Waals surface area contributed by atoms with E-state index in [0.717, 1.165) is 11.7 Å². The van der Waals surface area contributed by atoms with E-state index in [4.69, 9.17) is 5.73 Å². The summed E-state index contributed by atoms with van der Waals surface area (Å²) in [7, 11) is -3.53. The first-order valence-electron chi connectivity index (χ1n) is 6.47. The van der Waals surface area contributed by atoms with Gasteiger partial charge in [-0.3, -0.25) is 0 Å². The number of rotatable bonds is 2. The normalized spacial score (nSPS) is 23.9. The van der Waals surface area contributed by atoms with Gasteiger partial charge in [0.1, 0.15) is 15.9 Å². The standard InChI is InChI=1S/C12H16N4O2S2.ClH/c1-8-7-16(6-5-9(8)13)20(17,18)11-4-2-3-10-12(11)15-19-14-10;/h2-4,8-9H,5-7,13H2,1H3;1H. The van der Waals surface area contributed by atoms with Gasteiger partial charge in [-0.25, -0.2) is 8.42 Å². The minimum absolute atomic E-state index is 0. The number of halogens is 1. The molecule has 0 bridgehead atoms. The van der Waals surface area contributed by atoms with Crippen LogP contribution in [0.15, 0.2) is 23.1 Å². The number of aromatic nitrogens is 2. The molecule has 1 aliphatic rings. The Bertz CT molecular complexity index is 734. The molecule has 1 saturated heterocycles. The lowest BCUT2D eigenvalue weighted by Crippen LogP contribution is -2.48. The predicted octanol–water partition coefficient (Wildman–Crippen LogP) is 1.47. The van der Waals surface area contributed by atoms with Crippen LogP contribution in [0, 0.1) is 5.92 Å². The second-order valence-electron chi connectivity index (χ2n) is 5.18. The fourth-order valence-electron chi connectivity index (χ4n) is 2.47. The van der Waals surface area contributed by atoms with Crippen LogP contribution in [0.3, 0.4) is 0 Å². The Morgan fingerprint density at radius 2 is 2.14 bits per heavy atom. The zero-order chi connectivity index (χ0) is 14.3. The molecule has 9 heteroatoms. The minimum Gasteiger partial charge on any atom is -0.327 e. The molecular weight excluding hydrogens is 332 g/mol. The Balaban J connectivity index is 0.00000161. The molecule has 2 N–H and O–H groups in total. The summed E-state index contributed by atoms with van der Waals surface area (Å²) < 4.78 is 35.3. The largest absolute Gasteiger partial charge is 0.327 e. The Labute approximate surface area is 134 Å². The number of benzene rings is 1. The van der Waals surface area contributed by atoms with E-state index in [1.165, 1.54) is 4.31 Å². The molecule has 3 rings (SSSR count). The molecule has 0 radical (unpaired) electrons. The number of fused-ring (bicyclic) bond motifs is 1. The molecule has 0 spiro atoms. The molecule has 2 unspecified atom stereocenters. The Hall–Kier alpha value is -0.800. The molecule has 2 atom stereocenters. The smallest absolute Gasteiger partial charge is 0.245 e. The molecule has 116 valence electrons. The van der Waals surface area contributed by atoms with E-state index in [0.29, 0.717) is 30.5 Å². The first kappa shape index (κ1) is 16.6. The number of sulfonamides is 1. The SMILES string of the molecule is CC1CN(S(=O)(=O)c2cccc3nsnc23)CCC1N.Cl. The fourth-order valence-corrected chi connectivity index (χ4v) is 4.78. The first-order valence-corrected chi connectivity index (χ1v) is 8.64. The summed E-state index contributed by atoms with van der Waals surface area (Å²) >= 11 is 1.03. The quantitative estimate of drug-likeness (QED) is 0.887. The number of hydrogen-bond acceptors (Lipinski definition) is 6. The van der Waals surface area contributed by atoms with Crippen molar-refractivity contribution >= 4 is 45.2 Å². The summed E-state index contributed by atoms with van der Waals surface area (Å²) in [4.78, 5) is 0.242. The minimum atomic E-state index is -3.53. The van der Waals surface area contributed by atoms with Crippen molar-refractivity contribution in [3.05, 3.63) is 18.2 Å². The van der Waals surface area contributed by atoms with Crippen molar-refractivity contribution in [2.45, 2.75) is 24.3 Å². The van der Waals surface area contributed by atoms with Gasteiger partial charge in [-0.1, -0.05) is 13.0 Å². The number of nitrogens with two attached hydrogens (primary N) is 1. The molecule has 1 fully saturated rings. The molecule has 1 aliphatic heterocycles. The van der Waals surface area contributed by atoms with E-state index in [9.17, 15) is 8.42 Å². The highest BCUT2D eigenvalue weighted by molar-refractivity contribution is 7.89. The van der Waals surface area contributed by atoms with Crippen LogP contribution in [-0.2, 0) is 10.0 Å². The van der Waals surface area contributed by atoms with Gasteiger partial charge < -0.3 is 5.73 Å². The van der Waals surface area contributed by atoms with Crippen LogP contribution in [0.4, 0.5) is 0 Å². The molecule has 0 saturated carbocycles. The van der Waals surface area contributed by atoms with Crippen LogP contribution in [0.2, 0.25) is 0 Å². The lowest BCUT2D eigenvalue weighted by atomic mass is 9.96. The van der Waals surface area contributed by atoms with Crippen LogP contribution in [0.1, 0.15) is 13.3 Å². The maximum Gasteiger partial charge on any atom is 0.245 e. The van der Waals surface area contributed by atoms with Gasteiger partial charge in [0.05, 0.1) is 11.7 Å². The highest BCUT2D eigenvalue weighted by atomic mass is 35.5. The zero-order valence-corrected chi connectivity index (χ0v) is 13.9. The molecule has 6 nitrogen and oxygen atoms in total. The van der Waals surface area contributed by atoms with Crippen molar-refractivity contribution in [2.75, 3.05) is 13.1 Å². The summed E-state index contributed by atoms with van der Waals surface area (Å²) in [5.74, 6) is 0.159. The van der Waals surface area contributed by atoms with E-state index in [1.54, 1.807) is 18.2 Å². The molecule has 0 amide bonds. The number of hydrogen-bond donors (Lipinski definition) is 1. The molecule has 0 aliphatic carbocycles. The average molecular weight is 349 g/mol. The zero-order valence-electron chi connectivity index (χ0n) is 11.5. The van der Waals surface area contributed by atoms with Gasteiger partial charge in [-0.2, -0.15) is 13.1 Å². The summed E-state index contributed by atoms with van der Waals surface area (Å²) in [5, 5.41) is 0.